The van der Waals surface area contributed by atoms with E-state index in [1.165, 1.54) is 10.5 Å². The highest BCUT2D eigenvalue weighted by Gasteiger charge is 2.39. The number of imide groups is 1. The fourth-order valence-corrected chi connectivity index (χ4v) is 4.10. The highest BCUT2D eigenvalue weighted by atomic mass is 16.2. The van der Waals surface area contributed by atoms with E-state index in [4.69, 9.17) is 0 Å². The van der Waals surface area contributed by atoms with Gasteiger partial charge in [0.05, 0.1) is 6.42 Å². The van der Waals surface area contributed by atoms with E-state index in [9.17, 15) is 19.2 Å². The lowest BCUT2D eigenvalue weighted by Gasteiger charge is -2.29. The number of nitrogens with zero attached hydrogens (tertiary/aromatic N) is 1. The first kappa shape index (κ1) is 20.8. The topological polar surface area (TPSA) is 95.6 Å². The van der Waals surface area contributed by atoms with Gasteiger partial charge in [-0.3, -0.25) is 24.5 Å². The Bertz CT molecular complexity index is 1090. The van der Waals surface area contributed by atoms with Crippen molar-refractivity contribution in [3.63, 3.8) is 0 Å². The van der Waals surface area contributed by atoms with Gasteiger partial charge in [-0.25, -0.2) is 0 Å². The van der Waals surface area contributed by atoms with E-state index in [-0.39, 0.29) is 24.1 Å². The Morgan fingerprint density at radius 2 is 1.84 bits per heavy atom. The summed E-state index contributed by atoms with van der Waals surface area (Å²) in [6.45, 7) is 4.76. The lowest BCUT2D eigenvalue weighted by molar-refractivity contribution is -0.137. The smallest absolute Gasteiger partial charge is 0.255 e. The summed E-state index contributed by atoms with van der Waals surface area (Å²) in [5.41, 5.74) is 5.62. The number of aryl methyl sites for hydroxylation is 2. The lowest BCUT2D eigenvalue weighted by atomic mass is 10.0. The zero-order chi connectivity index (χ0) is 22.1. The second-order valence-corrected chi connectivity index (χ2v) is 8.26. The van der Waals surface area contributed by atoms with Gasteiger partial charge in [0.15, 0.2) is 0 Å². The third-order valence-corrected chi connectivity index (χ3v) is 6.01. The summed E-state index contributed by atoms with van der Waals surface area (Å²) in [6, 6.07) is 10.8. The van der Waals surface area contributed by atoms with Gasteiger partial charge in [-0.2, -0.15) is 0 Å². The largest absolute Gasteiger partial charge is 0.352 e. The van der Waals surface area contributed by atoms with Gasteiger partial charge in [-0.05, 0) is 54.2 Å². The molecule has 0 saturated carbocycles. The number of hydrogen-bond acceptors (Lipinski definition) is 4. The van der Waals surface area contributed by atoms with Crippen LogP contribution in [0.1, 0.15) is 51.0 Å². The van der Waals surface area contributed by atoms with E-state index in [2.05, 4.69) is 10.6 Å². The molecule has 1 unspecified atom stereocenters. The van der Waals surface area contributed by atoms with Crippen LogP contribution in [0.5, 0.6) is 0 Å². The standard InChI is InChI=1S/C24H25N3O4/c1-14-3-4-16(9-15(14)2)11-22(29)25-12-17-5-6-19-18(10-17)13-27(24(19)31)20-7-8-21(28)26-23(20)30/h3-6,9-10,20H,7-8,11-13H2,1-2H3,(H,25,29)(H,26,28,30). The zero-order valence-corrected chi connectivity index (χ0v) is 17.7. The molecule has 2 aromatic rings. The van der Waals surface area contributed by atoms with Crippen molar-refractivity contribution in [2.24, 2.45) is 0 Å². The molecule has 1 fully saturated rings. The maximum absolute atomic E-state index is 12.7. The summed E-state index contributed by atoms with van der Waals surface area (Å²) in [7, 11) is 0. The van der Waals surface area contributed by atoms with Gasteiger partial charge in [0.1, 0.15) is 6.04 Å². The van der Waals surface area contributed by atoms with Crippen LogP contribution in [0.15, 0.2) is 36.4 Å². The normalized spacial score (nSPS) is 18.1. The van der Waals surface area contributed by atoms with E-state index >= 15 is 0 Å². The van der Waals surface area contributed by atoms with Crippen molar-refractivity contribution >= 4 is 23.6 Å². The van der Waals surface area contributed by atoms with Crippen LogP contribution in [0.25, 0.3) is 0 Å². The number of nitrogens with one attached hydrogen (secondary N) is 2. The Hall–Kier alpha value is -3.48. The number of piperidine rings is 1. The van der Waals surface area contributed by atoms with Crippen LogP contribution in [0.2, 0.25) is 0 Å². The van der Waals surface area contributed by atoms with Crippen LogP contribution in [-0.2, 0) is 33.9 Å². The number of hydrogen-bond donors (Lipinski definition) is 2. The quantitative estimate of drug-likeness (QED) is 0.724. The van der Waals surface area contributed by atoms with E-state index in [1.54, 1.807) is 6.07 Å². The SMILES string of the molecule is Cc1ccc(CC(=O)NCc2ccc3c(c2)CN(C2CCC(=O)NC2=O)C3=O)cc1C. The molecule has 2 aromatic carbocycles. The van der Waals surface area contributed by atoms with E-state index in [0.717, 1.165) is 22.3 Å². The maximum Gasteiger partial charge on any atom is 0.255 e. The van der Waals surface area contributed by atoms with Crippen molar-refractivity contribution in [3.05, 3.63) is 69.8 Å². The average molecular weight is 419 g/mol. The maximum atomic E-state index is 12.7. The highest BCUT2D eigenvalue weighted by Crippen LogP contribution is 2.28. The average Bonchev–Trinajstić information content (AvgIpc) is 3.05. The fourth-order valence-electron chi connectivity index (χ4n) is 4.10. The summed E-state index contributed by atoms with van der Waals surface area (Å²) < 4.78 is 0. The molecule has 7 nitrogen and oxygen atoms in total. The molecule has 4 rings (SSSR count). The van der Waals surface area contributed by atoms with Crippen LogP contribution < -0.4 is 10.6 Å². The van der Waals surface area contributed by atoms with Crippen molar-refractivity contribution in [1.29, 1.82) is 0 Å². The molecule has 0 aromatic heterocycles. The predicted octanol–water partition coefficient (Wildman–Crippen LogP) is 1.92. The molecule has 4 amide bonds. The number of carbonyl (C=O) groups excluding carboxylic acids is 4. The van der Waals surface area contributed by atoms with Crippen LogP contribution >= 0.6 is 0 Å². The minimum absolute atomic E-state index is 0.0648. The minimum atomic E-state index is -0.626. The first-order valence-corrected chi connectivity index (χ1v) is 10.4. The Labute approximate surface area is 180 Å². The van der Waals surface area contributed by atoms with Crippen LogP contribution in [0, 0.1) is 13.8 Å². The molecule has 0 radical (unpaired) electrons. The van der Waals surface area contributed by atoms with Gasteiger partial charge < -0.3 is 10.2 Å². The zero-order valence-electron chi connectivity index (χ0n) is 17.7. The molecule has 1 saturated heterocycles. The second kappa shape index (κ2) is 8.34. The summed E-state index contributed by atoms with van der Waals surface area (Å²) in [4.78, 5) is 50.1. The first-order chi connectivity index (χ1) is 14.8. The van der Waals surface area contributed by atoms with Gasteiger partial charge in [-0.15, -0.1) is 0 Å². The molecule has 0 aliphatic carbocycles. The highest BCUT2D eigenvalue weighted by molar-refractivity contribution is 6.05. The summed E-state index contributed by atoms with van der Waals surface area (Å²) in [6.07, 6.45) is 0.883. The van der Waals surface area contributed by atoms with E-state index in [0.29, 0.717) is 31.5 Å². The number of fused-ring (bicyclic) bond motifs is 1. The number of benzene rings is 2. The van der Waals surface area contributed by atoms with Gasteiger partial charge in [0.2, 0.25) is 17.7 Å². The number of amides is 4. The fraction of sp³-hybridized carbons (Fsp3) is 0.333. The Morgan fingerprint density at radius 1 is 1.06 bits per heavy atom. The predicted molar refractivity (Wildman–Crippen MR) is 114 cm³/mol. The summed E-state index contributed by atoms with van der Waals surface area (Å²) in [5.74, 6) is -0.986. The second-order valence-electron chi connectivity index (χ2n) is 8.26. The molecular weight excluding hydrogens is 394 g/mol. The van der Waals surface area contributed by atoms with Crippen LogP contribution in [0.3, 0.4) is 0 Å². The van der Waals surface area contributed by atoms with Crippen molar-refractivity contribution in [1.82, 2.24) is 15.5 Å². The molecule has 0 bridgehead atoms. The number of carbonyl (C=O) groups is 4. The monoisotopic (exact) mass is 419 g/mol. The molecule has 2 aliphatic rings. The van der Waals surface area contributed by atoms with Gasteiger partial charge >= 0.3 is 0 Å². The summed E-state index contributed by atoms with van der Waals surface area (Å²) >= 11 is 0. The van der Waals surface area contributed by atoms with Gasteiger partial charge in [0, 0.05) is 25.1 Å². The lowest BCUT2D eigenvalue weighted by Crippen LogP contribution is -2.52. The summed E-state index contributed by atoms with van der Waals surface area (Å²) in [5, 5.41) is 5.24. The third kappa shape index (κ3) is 4.35. The van der Waals surface area contributed by atoms with Gasteiger partial charge in [0.25, 0.3) is 5.91 Å². The van der Waals surface area contributed by atoms with Crippen molar-refractivity contribution < 1.29 is 19.2 Å². The third-order valence-electron chi connectivity index (χ3n) is 6.01. The number of rotatable bonds is 5. The molecule has 7 heteroatoms. The Morgan fingerprint density at radius 3 is 2.58 bits per heavy atom. The molecule has 0 spiro atoms. The molecular formula is C24H25N3O4. The Kier molecular flexibility index (Phi) is 5.59. The molecule has 1 atom stereocenters. The molecule has 160 valence electrons. The first-order valence-electron chi connectivity index (χ1n) is 10.4. The van der Waals surface area contributed by atoms with Crippen LogP contribution in [-0.4, -0.2) is 34.6 Å². The minimum Gasteiger partial charge on any atom is -0.352 e. The van der Waals surface area contributed by atoms with Crippen molar-refractivity contribution in [2.75, 3.05) is 0 Å². The Balaban J connectivity index is 1.38. The van der Waals surface area contributed by atoms with Crippen molar-refractivity contribution in [3.8, 4) is 0 Å². The molecule has 2 heterocycles. The molecule has 2 aliphatic heterocycles. The van der Waals surface area contributed by atoms with E-state index < -0.39 is 11.9 Å². The molecule has 2 N–H and O–H groups in total. The molecule has 31 heavy (non-hydrogen) atoms. The van der Waals surface area contributed by atoms with Crippen LogP contribution in [0.4, 0.5) is 0 Å². The van der Waals surface area contributed by atoms with E-state index in [1.807, 2.05) is 44.2 Å². The van der Waals surface area contributed by atoms with Crippen molar-refractivity contribution in [2.45, 2.75) is 52.2 Å². The van der Waals surface area contributed by atoms with Gasteiger partial charge in [-0.1, -0.05) is 30.3 Å².